The fraction of sp³-hybridized carbons (Fsp3) is 0.222. The molecule has 4 rings (SSSR count). The zero-order valence-corrected chi connectivity index (χ0v) is 20.4. The van der Waals surface area contributed by atoms with E-state index in [4.69, 9.17) is 0 Å². The predicted molar refractivity (Wildman–Crippen MR) is 140 cm³/mol. The molecule has 2 aromatic heterocycles. The normalized spacial score (nSPS) is 12.1. The van der Waals surface area contributed by atoms with Crippen LogP contribution >= 0.6 is 0 Å². The second kappa shape index (κ2) is 10.9. The van der Waals surface area contributed by atoms with Crippen LogP contribution < -0.4 is 10.6 Å². The van der Waals surface area contributed by atoms with Crippen LogP contribution in [0.25, 0.3) is 27.4 Å². The molecule has 2 heterocycles. The molecule has 0 amide bonds. The van der Waals surface area contributed by atoms with E-state index in [0.29, 0.717) is 18.2 Å². The SMILES string of the molecule is C/C=C\C(=C/NC)c1cc2c(NCc3cccc(C(C)(F)F)c3)nc(C)nc2c2cn[nH]c12.C=C. The fourth-order valence-corrected chi connectivity index (χ4v) is 3.86. The van der Waals surface area contributed by atoms with E-state index >= 15 is 0 Å². The van der Waals surface area contributed by atoms with Crippen LogP contribution in [0.2, 0.25) is 0 Å². The molecule has 3 N–H and O–H groups in total. The Balaban J connectivity index is 0.00000167. The number of fused-ring (bicyclic) bond motifs is 3. The number of nitrogens with one attached hydrogen (secondary N) is 3. The number of alkyl halides is 2. The average molecular weight is 477 g/mol. The maximum atomic E-state index is 13.8. The lowest BCUT2D eigenvalue weighted by molar-refractivity contribution is 0.0174. The molecule has 182 valence electrons. The molecule has 0 saturated heterocycles. The number of aryl methyl sites for hydroxylation is 1. The van der Waals surface area contributed by atoms with Gasteiger partial charge >= 0.3 is 0 Å². The van der Waals surface area contributed by atoms with E-state index in [1.165, 1.54) is 12.1 Å². The molecular formula is C27H30F2N6. The number of allylic oxidation sites excluding steroid dienone is 3. The Hall–Kier alpha value is -4.07. The van der Waals surface area contributed by atoms with Crippen LogP contribution in [0.15, 0.2) is 68.0 Å². The van der Waals surface area contributed by atoms with Gasteiger partial charge in [-0.05, 0) is 37.1 Å². The van der Waals surface area contributed by atoms with Gasteiger partial charge in [-0.25, -0.2) is 18.7 Å². The average Bonchev–Trinajstić information content (AvgIpc) is 3.33. The number of aromatic nitrogens is 4. The summed E-state index contributed by atoms with van der Waals surface area (Å²) < 4.78 is 27.5. The summed E-state index contributed by atoms with van der Waals surface area (Å²) in [6.07, 6.45) is 7.66. The second-order valence-corrected chi connectivity index (χ2v) is 7.93. The van der Waals surface area contributed by atoms with E-state index in [-0.39, 0.29) is 5.56 Å². The zero-order chi connectivity index (χ0) is 25.6. The van der Waals surface area contributed by atoms with Gasteiger partial charge in [0.15, 0.2) is 0 Å². The van der Waals surface area contributed by atoms with Gasteiger partial charge in [-0.15, -0.1) is 13.2 Å². The summed E-state index contributed by atoms with van der Waals surface area (Å²) in [5.41, 5.74) is 4.31. The molecule has 35 heavy (non-hydrogen) atoms. The maximum Gasteiger partial charge on any atom is 0.270 e. The summed E-state index contributed by atoms with van der Waals surface area (Å²) in [7, 11) is 1.85. The van der Waals surface area contributed by atoms with Crippen molar-refractivity contribution in [3.63, 3.8) is 0 Å². The van der Waals surface area contributed by atoms with Gasteiger partial charge in [-0.1, -0.05) is 30.4 Å². The Morgan fingerprint density at radius 2 is 1.94 bits per heavy atom. The van der Waals surface area contributed by atoms with Crippen LogP contribution in [-0.4, -0.2) is 27.2 Å². The highest BCUT2D eigenvalue weighted by Gasteiger charge is 2.24. The van der Waals surface area contributed by atoms with Crippen molar-refractivity contribution in [3.05, 3.63) is 90.6 Å². The standard InChI is InChI=1S/C25H26F2N6.C2H4/c1-5-7-17(13-28-4)19-11-20-22(21-14-30-33-23(19)21)31-15(2)32-24(20)29-12-16-8-6-9-18(10-16)25(3,26)27;1-2/h5-11,13-14,28H,12H2,1-4H3,(H,30,33)(H,29,31,32);1-2H2/b7-5-,17-13+;. The largest absolute Gasteiger partial charge is 0.393 e. The zero-order valence-electron chi connectivity index (χ0n) is 20.4. The number of halogens is 2. The van der Waals surface area contributed by atoms with Crippen LogP contribution in [0.5, 0.6) is 0 Å². The molecule has 0 unspecified atom stereocenters. The Labute approximate surface area is 203 Å². The number of aromatic amines is 1. The number of hydrogen-bond acceptors (Lipinski definition) is 5. The highest BCUT2D eigenvalue weighted by Crippen LogP contribution is 2.34. The van der Waals surface area contributed by atoms with Gasteiger partial charge in [0.1, 0.15) is 11.6 Å². The predicted octanol–water partition coefficient (Wildman–Crippen LogP) is 6.48. The summed E-state index contributed by atoms with van der Waals surface area (Å²) in [6, 6.07) is 8.44. The molecule has 2 aromatic carbocycles. The van der Waals surface area contributed by atoms with Crippen LogP contribution in [0.4, 0.5) is 14.6 Å². The molecule has 8 heteroatoms. The van der Waals surface area contributed by atoms with Crippen molar-refractivity contribution in [2.24, 2.45) is 0 Å². The monoisotopic (exact) mass is 476 g/mol. The van der Waals surface area contributed by atoms with Crippen LogP contribution in [0.1, 0.15) is 36.4 Å². The van der Waals surface area contributed by atoms with Crippen molar-refractivity contribution in [1.29, 1.82) is 0 Å². The lowest BCUT2D eigenvalue weighted by atomic mass is 10.00. The molecule has 0 atom stereocenters. The number of hydrogen-bond donors (Lipinski definition) is 3. The molecule has 0 saturated carbocycles. The van der Waals surface area contributed by atoms with Gasteiger partial charge in [0.2, 0.25) is 0 Å². The van der Waals surface area contributed by atoms with E-state index < -0.39 is 5.92 Å². The molecule has 0 bridgehead atoms. The topological polar surface area (TPSA) is 78.5 Å². The van der Waals surface area contributed by atoms with Crippen LogP contribution in [0.3, 0.4) is 0 Å². The summed E-state index contributed by atoms with van der Waals surface area (Å²) in [5.74, 6) is -1.65. The van der Waals surface area contributed by atoms with Crippen molar-refractivity contribution in [2.45, 2.75) is 33.2 Å². The molecular weight excluding hydrogens is 446 g/mol. The van der Waals surface area contributed by atoms with E-state index in [9.17, 15) is 8.78 Å². The van der Waals surface area contributed by atoms with E-state index in [1.54, 1.807) is 12.3 Å². The van der Waals surface area contributed by atoms with Gasteiger partial charge in [-0.3, -0.25) is 5.10 Å². The van der Waals surface area contributed by atoms with Crippen molar-refractivity contribution < 1.29 is 8.78 Å². The van der Waals surface area contributed by atoms with Gasteiger partial charge in [0.05, 0.1) is 17.2 Å². The number of benzene rings is 2. The summed E-state index contributed by atoms with van der Waals surface area (Å²) in [4.78, 5) is 9.28. The minimum Gasteiger partial charge on any atom is -0.393 e. The van der Waals surface area contributed by atoms with Crippen molar-refractivity contribution in [3.8, 4) is 0 Å². The second-order valence-electron chi connectivity index (χ2n) is 7.93. The first-order valence-corrected chi connectivity index (χ1v) is 11.2. The van der Waals surface area contributed by atoms with Gasteiger partial charge in [0.25, 0.3) is 5.92 Å². The molecule has 0 radical (unpaired) electrons. The summed E-state index contributed by atoms with van der Waals surface area (Å²) >= 11 is 0. The molecule has 0 aliphatic carbocycles. The lowest BCUT2D eigenvalue weighted by Gasteiger charge is -2.15. The third-order valence-corrected chi connectivity index (χ3v) is 5.36. The summed E-state index contributed by atoms with van der Waals surface area (Å²) in [5, 5.41) is 15.5. The molecule has 0 aliphatic rings. The highest BCUT2D eigenvalue weighted by atomic mass is 19.3. The first-order chi connectivity index (χ1) is 16.8. The smallest absolute Gasteiger partial charge is 0.270 e. The quantitative estimate of drug-likeness (QED) is 0.210. The Kier molecular flexibility index (Phi) is 7.96. The number of anilines is 1. The van der Waals surface area contributed by atoms with Gasteiger partial charge in [0, 0.05) is 48.6 Å². The third kappa shape index (κ3) is 5.54. The van der Waals surface area contributed by atoms with E-state index in [1.807, 2.05) is 51.4 Å². The molecule has 4 aromatic rings. The Morgan fingerprint density at radius 3 is 2.63 bits per heavy atom. The molecule has 0 fully saturated rings. The fourth-order valence-electron chi connectivity index (χ4n) is 3.86. The molecule has 0 spiro atoms. The Morgan fingerprint density at radius 1 is 1.17 bits per heavy atom. The van der Waals surface area contributed by atoms with E-state index in [0.717, 1.165) is 45.4 Å². The molecule has 6 nitrogen and oxygen atoms in total. The number of H-pyrrole nitrogens is 1. The first-order valence-electron chi connectivity index (χ1n) is 11.2. The maximum absolute atomic E-state index is 13.8. The van der Waals surface area contributed by atoms with Crippen LogP contribution in [0, 0.1) is 6.92 Å². The van der Waals surface area contributed by atoms with Crippen molar-refractivity contribution in [1.82, 2.24) is 25.5 Å². The minimum atomic E-state index is -2.89. The van der Waals surface area contributed by atoms with E-state index in [2.05, 4.69) is 44.0 Å². The Bertz CT molecular complexity index is 1380. The third-order valence-electron chi connectivity index (χ3n) is 5.36. The minimum absolute atomic E-state index is 0.0129. The first kappa shape index (κ1) is 25.6. The molecule has 0 aliphatic heterocycles. The number of rotatable bonds is 7. The van der Waals surface area contributed by atoms with Crippen molar-refractivity contribution in [2.75, 3.05) is 12.4 Å². The van der Waals surface area contributed by atoms with Crippen LogP contribution in [-0.2, 0) is 12.5 Å². The summed E-state index contributed by atoms with van der Waals surface area (Å²) in [6.45, 7) is 11.0. The highest BCUT2D eigenvalue weighted by molar-refractivity contribution is 6.11. The van der Waals surface area contributed by atoms with Gasteiger partial charge in [-0.2, -0.15) is 5.10 Å². The van der Waals surface area contributed by atoms with Gasteiger partial charge < -0.3 is 10.6 Å². The lowest BCUT2D eigenvalue weighted by Crippen LogP contribution is -2.09. The number of nitrogens with zero attached hydrogens (tertiary/aromatic N) is 3. The van der Waals surface area contributed by atoms with Crippen molar-refractivity contribution >= 4 is 33.2 Å².